The molecule has 0 amide bonds. The van der Waals surface area contributed by atoms with Gasteiger partial charge in [0.2, 0.25) is 0 Å². The van der Waals surface area contributed by atoms with Gasteiger partial charge < -0.3 is 10.0 Å². The summed E-state index contributed by atoms with van der Waals surface area (Å²) in [6.45, 7) is 4.66. The number of piperazine rings is 1. The first-order valence-corrected chi connectivity index (χ1v) is 9.72. The van der Waals surface area contributed by atoms with E-state index in [1.165, 1.54) is 13.0 Å². The summed E-state index contributed by atoms with van der Waals surface area (Å²) in [4.78, 5) is 4.76. The van der Waals surface area contributed by atoms with E-state index in [4.69, 9.17) is 1.37 Å². The minimum absolute atomic E-state index is 0.0277. The Labute approximate surface area is 174 Å². The van der Waals surface area contributed by atoms with E-state index in [0.29, 0.717) is 0 Å². The molecule has 29 heavy (non-hydrogen) atoms. The van der Waals surface area contributed by atoms with Gasteiger partial charge in [-0.25, -0.2) is 4.68 Å². The van der Waals surface area contributed by atoms with Crippen LogP contribution in [0.5, 0.6) is 5.75 Å². The van der Waals surface area contributed by atoms with Gasteiger partial charge in [-0.05, 0) is 47.2 Å². The first-order chi connectivity index (χ1) is 14.7. The Balaban J connectivity index is 0.00000124. The van der Waals surface area contributed by atoms with Crippen LogP contribution in [-0.4, -0.2) is 68.3 Å². The quantitative estimate of drug-likeness (QED) is 0.692. The normalized spacial score (nSPS) is 16.6. The third-order valence-corrected chi connectivity index (χ3v) is 5.37. The van der Waals surface area contributed by atoms with Crippen molar-refractivity contribution in [3.63, 3.8) is 0 Å². The topological polar surface area (TPSA) is 70.3 Å². The van der Waals surface area contributed by atoms with E-state index < -0.39 is 0 Å². The van der Waals surface area contributed by atoms with Gasteiger partial charge in [-0.3, -0.25) is 4.90 Å². The van der Waals surface area contributed by atoms with Crippen LogP contribution in [0.4, 0.5) is 0 Å². The summed E-state index contributed by atoms with van der Waals surface area (Å²) in [5, 5.41) is 22.4. The predicted octanol–water partition coefficient (Wildman–Crippen LogP) is 2.59. The van der Waals surface area contributed by atoms with Crippen LogP contribution >= 0.6 is 0 Å². The molecule has 3 aromatic rings. The van der Waals surface area contributed by atoms with Crippen LogP contribution in [-0.2, 0) is 13.0 Å². The third-order valence-electron chi connectivity index (χ3n) is 5.37. The minimum Gasteiger partial charge on any atom is -0.508 e. The summed E-state index contributed by atoms with van der Waals surface area (Å²) in [5.41, 5.74) is 2.36. The monoisotopic (exact) mass is 395 g/mol. The molecule has 0 bridgehead atoms. The van der Waals surface area contributed by atoms with Crippen molar-refractivity contribution in [1.82, 2.24) is 30.0 Å². The molecule has 1 fully saturated rings. The second-order valence-corrected chi connectivity index (χ2v) is 7.33. The van der Waals surface area contributed by atoms with Gasteiger partial charge in [0.1, 0.15) is 5.75 Å². The average Bonchev–Trinajstić information content (AvgIpc) is 3.25. The maximum atomic E-state index is 9.71. The molecular formula is C22H30N6O. The van der Waals surface area contributed by atoms with E-state index in [9.17, 15) is 5.11 Å². The van der Waals surface area contributed by atoms with Crippen molar-refractivity contribution in [2.45, 2.75) is 26.4 Å². The Morgan fingerprint density at radius 3 is 2.41 bits per heavy atom. The van der Waals surface area contributed by atoms with Crippen LogP contribution in [0.3, 0.4) is 0 Å². The number of hydrogen-bond donors (Lipinski definition) is 1. The van der Waals surface area contributed by atoms with Crippen LogP contribution < -0.4 is 0 Å². The van der Waals surface area contributed by atoms with Gasteiger partial charge in [0.05, 0.1) is 6.04 Å². The molecule has 1 unspecified atom stereocenters. The van der Waals surface area contributed by atoms with Gasteiger partial charge in [-0.1, -0.05) is 49.9 Å². The minimum atomic E-state index is -0.0277. The molecule has 0 radical (unpaired) electrons. The van der Waals surface area contributed by atoms with Gasteiger partial charge in [0.25, 0.3) is 0 Å². The SMILES string of the molecule is CN1CCN(C(c2ccc(O)cc2)c2nnnn2CCc2ccccc2)CC1.[2H]C. The lowest BCUT2D eigenvalue weighted by Gasteiger charge is -2.37. The van der Waals surface area contributed by atoms with E-state index in [2.05, 4.69) is 56.6 Å². The van der Waals surface area contributed by atoms with Gasteiger partial charge >= 0.3 is 0 Å². The molecule has 1 N–H and O–H groups in total. The van der Waals surface area contributed by atoms with Crippen molar-refractivity contribution in [3.05, 3.63) is 71.5 Å². The van der Waals surface area contributed by atoms with Crippen LogP contribution in [0.25, 0.3) is 0 Å². The zero-order valence-electron chi connectivity index (χ0n) is 18.1. The first-order valence-electron chi connectivity index (χ1n) is 10.7. The standard InChI is InChI=1S/C21H26N6O.CH4/c1-25-13-15-26(16-14-25)20(18-7-9-19(28)10-8-18)21-22-23-24-27(21)12-11-17-5-3-2-4-6-17;/h2-10,20,28H,11-16H2,1H3;1H4/i;1D. The Bertz CT molecular complexity index is 878. The molecule has 0 saturated carbocycles. The molecule has 7 nitrogen and oxygen atoms in total. The van der Waals surface area contributed by atoms with E-state index in [0.717, 1.165) is 50.5 Å². The Morgan fingerprint density at radius 2 is 1.72 bits per heavy atom. The van der Waals surface area contributed by atoms with E-state index in [1.54, 1.807) is 12.1 Å². The number of aryl methyl sites for hydroxylation is 2. The van der Waals surface area contributed by atoms with Crippen molar-refractivity contribution >= 4 is 0 Å². The Kier molecular flexibility index (Phi) is 6.49. The lowest BCUT2D eigenvalue weighted by atomic mass is 10.0. The zero-order valence-corrected chi connectivity index (χ0v) is 17.1. The fraction of sp³-hybridized carbons (Fsp3) is 0.409. The molecule has 4 rings (SSSR count). The van der Waals surface area contributed by atoms with Crippen LogP contribution in [0.15, 0.2) is 54.6 Å². The highest BCUT2D eigenvalue weighted by Gasteiger charge is 2.29. The molecule has 1 aliphatic rings. The molecule has 1 atom stereocenters. The van der Waals surface area contributed by atoms with Gasteiger partial charge in [0.15, 0.2) is 5.82 Å². The number of nitrogens with zero attached hydrogens (tertiary/aromatic N) is 6. The number of phenolic OH excluding ortho intramolecular Hbond substituents is 1. The van der Waals surface area contributed by atoms with Gasteiger partial charge in [-0.15, -0.1) is 5.10 Å². The van der Waals surface area contributed by atoms with Crippen molar-refractivity contribution < 1.29 is 6.48 Å². The zero-order chi connectivity index (χ0) is 21.3. The summed E-state index contributed by atoms with van der Waals surface area (Å²) in [7, 11) is 3.40. The summed E-state index contributed by atoms with van der Waals surface area (Å²) in [5.74, 6) is 1.12. The third kappa shape index (κ3) is 4.99. The highest BCUT2D eigenvalue weighted by atomic mass is 16.3. The number of likely N-dealkylation sites (N-methyl/N-ethyl adjacent to an activating group) is 1. The molecule has 7 heteroatoms. The van der Waals surface area contributed by atoms with Crippen molar-refractivity contribution in [1.29, 1.82) is 0 Å². The number of tetrazole rings is 1. The van der Waals surface area contributed by atoms with Crippen LogP contribution in [0.2, 0.25) is 0 Å². The number of benzene rings is 2. The highest BCUT2D eigenvalue weighted by molar-refractivity contribution is 5.31. The fourth-order valence-electron chi connectivity index (χ4n) is 3.71. The molecule has 2 aromatic carbocycles. The summed E-state index contributed by atoms with van der Waals surface area (Å²) in [6, 6.07) is 17.8. The van der Waals surface area contributed by atoms with Crippen molar-refractivity contribution in [3.8, 4) is 5.75 Å². The molecule has 2 heterocycles. The average molecular weight is 396 g/mol. The number of aromatic hydroxyl groups is 1. The van der Waals surface area contributed by atoms with Crippen molar-refractivity contribution in [2.24, 2.45) is 0 Å². The van der Waals surface area contributed by atoms with Crippen LogP contribution in [0, 0.1) is 0 Å². The van der Waals surface area contributed by atoms with Crippen molar-refractivity contribution in [2.75, 3.05) is 33.2 Å². The number of rotatable bonds is 6. The van der Waals surface area contributed by atoms with Gasteiger partial charge in [0, 0.05) is 34.1 Å². The molecule has 1 aromatic heterocycles. The lowest BCUT2D eigenvalue weighted by Crippen LogP contribution is -2.46. The highest BCUT2D eigenvalue weighted by Crippen LogP contribution is 2.29. The molecule has 1 aliphatic heterocycles. The predicted molar refractivity (Wildman–Crippen MR) is 114 cm³/mol. The Morgan fingerprint density at radius 1 is 1.03 bits per heavy atom. The fourth-order valence-corrected chi connectivity index (χ4v) is 3.71. The summed E-state index contributed by atoms with van der Waals surface area (Å²) in [6.07, 6.45) is 0.879. The Hall–Kier alpha value is -2.77. The smallest absolute Gasteiger partial charge is 0.173 e. The summed E-state index contributed by atoms with van der Waals surface area (Å²) < 4.78 is 7.67. The van der Waals surface area contributed by atoms with E-state index in [-0.39, 0.29) is 11.8 Å². The van der Waals surface area contributed by atoms with E-state index in [1.807, 2.05) is 22.9 Å². The van der Waals surface area contributed by atoms with Crippen LogP contribution in [0.1, 0.15) is 31.8 Å². The first kappa shape index (κ1) is 19.5. The largest absolute Gasteiger partial charge is 0.508 e. The second kappa shape index (κ2) is 9.62. The molecule has 0 aliphatic carbocycles. The molecule has 1 saturated heterocycles. The molecule has 154 valence electrons. The maximum Gasteiger partial charge on any atom is 0.173 e. The number of phenols is 1. The second-order valence-electron chi connectivity index (χ2n) is 7.33. The number of aromatic nitrogens is 4. The maximum absolute atomic E-state index is 9.71. The summed E-state index contributed by atoms with van der Waals surface area (Å²) >= 11 is 0. The van der Waals surface area contributed by atoms with Gasteiger partial charge in [-0.2, -0.15) is 0 Å². The molecule has 0 spiro atoms. The lowest BCUT2D eigenvalue weighted by molar-refractivity contribution is 0.121. The van der Waals surface area contributed by atoms with E-state index >= 15 is 0 Å². The molecular weight excluding hydrogens is 364 g/mol. The number of hydrogen-bond acceptors (Lipinski definition) is 6.